The maximum atomic E-state index is 5.91. The number of ether oxygens (including phenoxy) is 1. The van der Waals surface area contributed by atoms with Crippen LogP contribution in [0.2, 0.25) is 0 Å². The van der Waals surface area contributed by atoms with Crippen LogP contribution in [0.5, 0.6) is 5.75 Å². The Morgan fingerprint density at radius 1 is 1.33 bits per heavy atom. The number of methoxy groups -OCH3 is 1. The number of nitrogens with zero attached hydrogens (tertiary/aromatic N) is 2. The molecule has 0 saturated heterocycles. The molecule has 8 heteroatoms. The first kappa shape index (κ1) is 18.3. The summed E-state index contributed by atoms with van der Waals surface area (Å²) in [5, 5.41) is 4.99. The van der Waals surface area contributed by atoms with Crippen molar-refractivity contribution in [2.24, 2.45) is 10.7 Å². The number of oxazole rings is 1. The van der Waals surface area contributed by atoms with Crippen molar-refractivity contribution >= 4 is 47.0 Å². The average molecular weight is 456 g/mol. The van der Waals surface area contributed by atoms with Gasteiger partial charge in [0.1, 0.15) is 17.7 Å². The van der Waals surface area contributed by atoms with E-state index in [1.807, 2.05) is 41.8 Å². The van der Waals surface area contributed by atoms with Crippen LogP contribution in [0.15, 0.2) is 57.5 Å². The maximum absolute atomic E-state index is 5.91. The van der Waals surface area contributed by atoms with E-state index in [1.54, 1.807) is 24.7 Å². The van der Waals surface area contributed by atoms with Gasteiger partial charge in [0, 0.05) is 0 Å². The summed E-state index contributed by atoms with van der Waals surface area (Å²) in [5.41, 5.74) is 7.39. The van der Waals surface area contributed by atoms with Crippen LogP contribution < -0.4 is 15.8 Å². The number of halogens is 1. The topological polar surface area (TPSA) is 85.7 Å². The zero-order chi connectivity index (χ0) is 16.1. The number of aromatic nitrogens is 1. The number of benzene rings is 1. The van der Waals surface area contributed by atoms with E-state index in [9.17, 15) is 0 Å². The minimum Gasteiger partial charge on any atom is -0.495 e. The number of hydrogen-bond acceptors (Lipinski definition) is 5. The fourth-order valence-corrected chi connectivity index (χ4v) is 2.64. The highest BCUT2D eigenvalue weighted by atomic mass is 127. The van der Waals surface area contributed by atoms with Crippen LogP contribution in [-0.4, -0.2) is 18.1 Å². The van der Waals surface area contributed by atoms with Gasteiger partial charge in [-0.15, -0.1) is 35.3 Å². The Bertz CT molecular complexity index is 802. The molecule has 0 spiro atoms. The molecule has 2 aromatic heterocycles. The number of thiophene rings is 1. The van der Waals surface area contributed by atoms with Crippen LogP contribution in [0, 0.1) is 0 Å². The normalized spacial score (nSPS) is 11.0. The largest absolute Gasteiger partial charge is 0.495 e. The SMILES string of the molecule is COc1ccccc1NC(N)=NCc1coc(-c2cccs2)n1.I. The van der Waals surface area contributed by atoms with E-state index in [4.69, 9.17) is 14.9 Å². The monoisotopic (exact) mass is 456 g/mol. The molecule has 0 unspecified atom stereocenters. The van der Waals surface area contributed by atoms with Crippen molar-refractivity contribution in [3.63, 3.8) is 0 Å². The quantitative estimate of drug-likeness (QED) is 0.345. The zero-order valence-corrected chi connectivity index (χ0v) is 16.1. The molecule has 0 aliphatic carbocycles. The van der Waals surface area contributed by atoms with Gasteiger partial charge in [-0.05, 0) is 23.6 Å². The number of aliphatic imine (C=N–C) groups is 1. The molecule has 0 fully saturated rings. The summed E-state index contributed by atoms with van der Waals surface area (Å²) < 4.78 is 10.7. The fourth-order valence-electron chi connectivity index (χ4n) is 1.98. The fraction of sp³-hybridized carbons (Fsp3) is 0.125. The van der Waals surface area contributed by atoms with Gasteiger partial charge in [0.05, 0.1) is 24.2 Å². The van der Waals surface area contributed by atoms with Crippen LogP contribution in [-0.2, 0) is 6.54 Å². The average Bonchev–Trinajstić information content (AvgIpc) is 3.24. The smallest absolute Gasteiger partial charge is 0.236 e. The third-order valence-electron chi connectivity index (χ3n) is 3.06. The van der Waals surface area contributed by atoms with E-state index in [0.717, 1.165) is 16.3 Å². The van der Waals surface area contributed by atoms with Gasteiger partial charge in [0.25, 0.3) is 0 Å². The van der Waals surface area contributed by atoms with Gasteiger partial charge in [-0.1, -0.05) is 18.2 Å². The predicted octanol–water partition coefficient (Wildman–Crippen LogP) is 3.96. The highest BCUT2D eigenvalue weighted by molar-refractivity contribution is 14.0. The third-order valence-corrected chi connectivity index (χ3v) is 3.92. The second-order valence-corrected chi connectivity index (χ2v) is 5.60. The van der Waals surface area contributed by atoms with E-state index in [2.05, 4.69) is 15.3 Å². The molecule has 6 nitrogen and oxygen atoms in total. The molecule has 0 bridgehead atoms. The van der Waals surface area contributed by atoms with Crippen molar-refractivity contribution in [1.29, 1.82) is 0 Å². The molecule has 0 saturated carbocycles. The lowest BCUT2D eigenvalue weighted by Gasteiger charge is -2.09. The van der Waals surface area contributed by atoms with Gasteiger partial charge in [0.2, 0.25) is 5.89 Å². The van der Waals surface area contributed by atoms with Crippen molar-refractivity contribution in [3.05, 3.63) is 53.7 Å². The van der Waals surface area contributed by atoms with Crippen LogP contribution >= 0.6 is 35.3 Å². The number of nitrogens with one attached hydrogen (secondary N) is 1. The first-order valence-corrected chi connectivity index (χ1v) is 7.82. The van der Waals surface area contributed by atoms with Gasteiger partial charge < -0.3 is 20.2 Å². The summed E-state index contributed by atoms with van der Waals surface area (Å²) in [6.07, 6.45) is 1.59. The maximum Gasteiger partial charge on any atom is 0.236 e. The lowest BCUT2D eigenvalue weighted by Crippen LogP contribution is -2.22. The summed E-state index contributed by atoms with van der Waals surface area (Å²) >= 11 is 1.58. The number of anilines is 1. The van der Waals surface area contributed by atoms with E-state index in [0.29, 0.717) is 18.2 Å². The molecule has 0 aliphatic rings. The summed E-state index contributed by atoms with van der Waals surface area (Å²) in [5.74, 6) is 1.59. The molecule has 24 heavy (non-hydrogen) atoms. The van der Waals surface area contributed by atoms with Gasteiger partial charge in [-0.25, -0.2) is 9.98 Å². The Labute approximate surface area is 160 Å². The van der Waals surface area contributed by atoms with Gasteiger partial charge in [0.15, 0.2) is 5.96 Å². The highest BCUT2D eigenvalue weighted by Crippen LogP contribution is 2.24. The van der Waals surface area contributed by atoms with Gasteiger partial charge >= 0.3 is 0 Å². The number of nitrogens with two attached hydrogens (primary N) is 1. The molecule has 126 valence electrons. The van der Waals surface area contributed by atoms with Crippen molar-refractivity contribution in [3.8, 4) is 16.5 Å². The van der Waals surface area contributed by atoms with Crippen molar-refractivity contribution in [1.82, 2.24) is 4.98 Å². The summed E-state index contributed by atoms with van der Waals surface area (Å²) in [4.78, 5) is 9.65. The first-order chi connectivity index (χ1) is 11.3. The van der Waals surface area contributed by atoms with Crippen LogP contribution in [0.25, 0.3) is 10.8 Å². The molecular weight excluding hydrogens is 439 g/mol. The molecular formula is C16H17IN4O2S. The van der Waals surface area contributed by atoms with Crippen molar-refractivity contribution < 1.29 is 9.15 Å². The second kappa shape index (κ2) is 8.69. The summed E-state index contributed by atoms with van der Waals surface area (Å²) in [6.45, 7) is 0.336. The lowest BCUT2D eigenvalue weighted by molar-refractivity contribution is 0.417. The minimum absolute atomic E-state index is 0. The number of hydrogen-bond donors (Lipinski definition) is 2. The van der Waals surface area contributed by atoms with Crippen LogP contribution in [0.4, 0.5) is 5.69 Å². The molecule has 3 N–H and O–H groups in total. The molecule has 3 rings (SSSR count). The van der Waals surface area contributed by atoms with Gasteiger partial charge in [-0.2, -0.15) is 0 Å². The van der Waals surface area contributed by atoms with Crippen molar-refractivity contribution in [2.75, 3.05) is 12.4 Å². The Kier molecular flexibility index (Phi) is 6.62. The Morgan fingerprint density at radius 2 is 2.17 bits per heavy atom. The molecule has 2 heterocycles. The minimum atomic E-state index is 0. The Hall–Kier alpha value is -2.07. The van der Waals surface area contributed by atoms with Crippen LogP contribution in [0.1, 0.15) is 5.69 Å². The lowest BCUT2D eigenvalue weighted by atomic mass is 10.3. The van der Waals surface area contributed by atoms with E-state index in [1.165, 1.54) is 0 Å². The summed E-state index contributed by atoms with van der Waals surface area (Å²) in [7, 11) is 1.61. The number of rotatable bonds is 5. The molecule has 1 aromatic carbocycles. The molecule has 0 radical (unpaired) electrons. The molecule has 0 aliphatic heterocycles. The first-order valence-electron chi connectivity index (χ1n) is 6.94. The van der Waals surface area contributed by atoms with E-state index < -0.39 is 0 Å². The number of para-hydroxylation sites is 2. The van der Waals surface area contributed by atoms with E-state index >= 15 is 0 Å². The third kappa shape index (κ3) is 4.48. The Balaban J connectivity index is 0.00000208. The highest BCUT2D eigenvalue weighted by Gasteiger charge is 2.07. The molecule has 0 atom stereocenters. The Morgan fingerprint density at radius 3 is 2.92 bits per heavy atom. The summed E-state index contributed by atoms with van der Waals surface area (Å²) in [6, 6.07) is 11.4. The standard InChI is InChI=1S/C16H16N4O2S.HI/c1-21-13-6-3-2-5-12(13)20-16(17)18-9-11-10-22-15(19-11)14-7-4-8-23-14;/h2-8,10H,9H2,1H3,(H3,17,18,20);1H. The van der Waals surface area contributed by atoms with E-state index in [-0.39, 0.29) is 29.9 Å². The predicted molar refractivity (Wildman–Crippen MR) is 107 cm³/mol. The molecule has 3 aromatic rings. The number of guanidine groups is 1. The second-order valence-electron chi connectivity index (χ2n) is 4.65. The van der Waals surface area contributed by atoms with Gasteiger partial charge in [-0.3, -0.25) is 0 Å². The molecule has 0 amide bonds. The van der Waals surface area contributed by atoms with Crippen molar-refractivity contribution in [2.45, 2.75) is 6.54 Å². The van der Waals surface area contributed by atoms with Crippen LogP contribution in [0.3, 0.4) is 0 Å². The zero-order valence-electron chi connectivity index (χ0n) is 12.9.